The number of rotatable bonds is 3. The van der Waals surface area contributed by atoms with Crippen LogP contribution in [0.1, 0.15) is 5.56 Å². The first-order valence-corrected chi connectivity index (χ1v) is 5.48. The van der Waals surface area contributed by atoms with Crippen molar-refractivity contribution in [1.29, 1.82) is 0 Å². The van der Waals surface area contributed by atoms with Crippen LogP contribution in [0.15, 0.2) is 42.5 Å². The predicted molar refractivity (Wildman–Crippen MR) is 68.3 cm³/mol. The van der Waals surface area contributed by atoms with Crippen LogP contribution in [0.2, 0.25) is 5.02 Å². The monoisotopic (exact) mass is 249 g/mol. The number of hydrogen-bond acceptors (Lipinski definition) is 3. The maximum absolute atomic E-state index is 9.27. The molecule has 0 aliphatic heterocycles. The van der Waals surface area contributed by atoms with Crippen LogP contribution in [0, 0.1) is 0 Å². The van der Waals surface area contributed by atoms with Gasteiger partial charge in [-0.1, -0.05) is 23.7 Å². The molecule has 3 nitrogen and oxygen atoms in total. The molecule has 17 heavy (non-hydrogen) atoms. The molecule has 0 radical (unpaired) electrons. The van der Waals surface area contributed by atoms with Gasteiger partial charge in [-0.15, -0.1) is 0 Å². The van der Waals surface area contributed by atoms with Crippen LogP contribution >= 0.6 is 11.6 Å². The zero-order chi connectivity index (χ0) is 12.3. The molecule has 0 fully saturated rings. The second-order valence-electron chi connectivity index (χ2n) is 3.64. The Bertz CT molecular complexity index is 529. The third-order valence-electron chi connectivity index (χ3n) is 2.29. The van der Waals surface area contributed by atoms with Crippen molar-refractivity contribution in [1.82, 2.24) is 0 Å². The summed E-state index contributed by atoms with van der Waals surface area (Å²) in [6.07, 6.45) is 0. The number of benzene rings is 2. The maximum atomic E-state index is 9.27. The summed E-state index contributed by atoms with van der Waals surface area (Å²) in [5.41, 5.74) is 7.08. The molecule has 0 atom stereocenters. The van der Waals surface area contributed by atoms with Crippen LogP contribution in [0.5, 0.6) is 11.5 Å². The Balaban J connectivity index is 2.05. The zero-order valence-electron chi connectivity index (χ0n) is 9.06. The molecule has 0 amide bonds. The summed E-state index contributed by atoms with van der Waals surface area (Å²) in [5, 5.41) is 9.79. The van der Waals surface area contributed by atoms with Crippen LogP contribution < -0.4 is 10.5 Å². The molecule has 0 saturated carbocycles. The molecule has 0 saturated heterocycles. The average Bonchev–Trinajstić information content (AvgIpc) is 2.31. The van der Waals surface area contributed by atoms with Gasteiger partial charge in [-0.25, -0.2) is 0 Å². The molecule has 2 aromatic carbocycles. The number of nitrogens with two attached hydrogens (primary N) is 1. The van der Waals surface area contributed by atoms with E-state index in [1.165, 1.54) is 0 Å². The fourth-order valence-corrected chi connectivity index (χ4v) is 1.60. The Kier molecular flexibility index (Phi) is 3.40. The highest BCUT2D eigenvalue weighted by molar-refractivity contribution is 6.33. The van der Waals surface area contributed by atoms with E-state index >= 15 is 0 Å². The van der Waals surface area contributed by atoms with Crippen molar-refractivity contribution in [3.63, 3.8) is 0 Å². The smallest absolute Gasteiger partial charge is 0.123 e. The van der Waals surface area contributed by atoms with Gasteiger partial charge in [0.2, 0.25) is 0 Å². The first-order valence-electron chi connectivity index (χ1n) is 5.11. The van der Waals surface area contributed by atoms with E-state index in [0.29, 0.717) is 23.1 Å². The van der Waals surface area contributed by atoms with E-state index in [9.17, 15) is 5.11 Å². The lowest BCUT2D eigenvalue weighted by molar-refractivity contribution is 0.304. The fraction of sp³-hybridized carbons (Fsp3) is 0.0769. The largest absolute Gasteiger partial charge is 0.508 e. The number of halogens is 1. The highest BCUT2D eigenvalue weighted by Crippen LogP contribution is 2.22. The second kappa shape index (κ2) is 4.97. The van der Waals surface area contributed by atoms with E-state index in [-0.39, 0.29) is 5.75 Å². The fourth-order valence-electron chi connectivity index (χ4n) is 1.40. The van der Waals surface area contributed by atoms with Crippen molar-refractivity contribution in [3.05, 3.63) is 53.1 Å². The van der Waals surface area contributed by atoms with Crippen molar-refractivity contribution in [3.8, 4) is 11.5 Å². The van der Waals surface area contributed by atoms with E-state index in [1.807, 2.05) is 6.07 Å². The van der Waals surface area contributed by atoms with E-state index in [1.54, 1.807) is 36.4 Å². The van der Waals surface area contributed by atoms with Crippen LogP contribution in [-0.2, 0) is 6.61 Å². The summed E-state index contributed by atoms with van der Waals surface area (Å²) >= 11 is 5.90. The molecule has 0 aromatic heterocycles. The number of anilines is 1. The molecule has 0 spiro atoms. The molecular weight excluding hydrogens is 238 g/mol. The van der Waals surface area contributed by atoms with Crippen molar-refractivity contribution in [2.75, 3.05) is 5.73 Å². The maximum Gasteiger partial charge on any atom is 0.123 e. The minimum absolute atomic E-state index is 0.179. The van der Waals surface area contributed by atoms with Crippen LogP contribution in [0.3, 0.4) is 0 Å². The van der Waals surface area contributed by atoms with Crippen molar-refractivity contribution >= 4 is 17.3 Å². The van der Waals surface area contributed by atoms with Gasteiger partial charge < -0.3 is 15.6 Å². The number of nitrogen functional groups attached to an aromatic ring is 1. The molecule has 0 heterocycles. The first kappa shape index (κ1) is 11.6. The molecule has 0 aliphatic carbocycles. The summed E-state index contributed by atoms with van der Waals surface area (Å²) in [4.78, 5) is 0. The van der Waals surface area contributed by atoms with Gasteiger partial charge >= 0.3 is 0 Å². The van der Waals surface area contributed by atoms with Gasteiger partial charge in [-0.3, -0.25) is 0 Å². The van der Waals surface area contributed by atoms with Gasteiger partial charge in [0.05, 0.1) is 10.7 Å². The summed E-state index contributed by atoms with van der Waals surface area (Å²) in [5.74, 6) is 0.788. The summed E-state index contributed by atoms with van der Waals surface area (Å²) in [6, 6.07) is 12.0. The summed E-state index contributed by atoms with van der Waals surface area (Å²) in [6.45, 7) is 0.378. The molecule has 2 aromatic rings. The minimum Gasteiger partial charge on any atom is -0.508 e. The van der Waals surface area contributed by atoms with E-state index < -0.39 is 0 Å². The number of aromatic hydroxyl groups is 1. The number of ether oxygens (including phenoxy) is 1. The van der Waals surface area contributed by atoms with Crippen LogP contribution in [0.25, 0.3) is 0 Å². The standard InChI is InChI=1S/C13H12ClNO2/c14-12-6-9(4-5-13(12)15)8-17-11-3-1-2-10(16)7-11/h1-7,16H,8,15H2. The molecule has 0 aliphatic rings. The van der Waals surface area contributed by atoms with Crippen LogP contribution in [-0.4, -0.2) is 5.11 Å². The van der Waals surface area contributed by atoms with Crippen molar-refractivity contribution in [2.24, 2.45) is 0 Å². The molecule has 4 heteroatoms. The zero-order valence-corrected chi connectivity index (χ0v) is 9.82. The quantitative estimate of drug-likeness (QED) is 0.822. The Morgan fingerprint density at radius 3 is 2.71 bits per heavy atom. The van der Waals surface area contributed by atoms with Crippen molar-refractivity contribution < 1.29 is 9.84 Å². The third kappa shape index (κ3) is 3.04. The second-order valence-corrected chi connectivity index (χ2v) is 4.05. The number of phenolic OH excluding ortho intramolecular Hbond substituents is 1. The lowest BCUT2D eigenvalue weighted by atomic mass is 10.2. The lowest BCUT2D eigenvalue weighted by Gasteiger charge is -2.07. The Morgan fingerprint density at radius 2 is 2.00 bits per heavy atom. The highest BCUT2D eigenvalue weighted by Gasteiger charge is 2.00. The summed E-state index contributed by atoms with van der Waals surface area (Å²) in [7, 11) is 0. The predicted octanol–water partition coefficient (Wildman–Crippen LogP) is 3.21. The topological polar surface area (TPSA) is 55.5 Å². The molecule has 3 N–H and O–H groups in total. The summed E-state index contributed by atoms with van der Waals surface area (Å²) < 4.78 is 5.51. The van der Waals surface area contributed by atoms with Gasteiger partial charge in [-0.05, 0) is 29.8 Å². The minimum atomic E-state index is 0.179. The Morgan fingerprint density at radius 1 is 1.18 bits per heavy atom. The molecule has 88 valence electrons. The molecule has 0 bridgehead atoms. The van der Waals surface area contributed by atoms with E-state index in [2.05, 4.69) is 0 Å². The first-order chi connectivity index (χ1) is 8.15. The highest BCUT2D eigenvalue weighted by atomic mass is 35.5. The molecule has 2 rings (SSSR count). The number of hydrogen-bond donors (Lipinski definition) is 2. The number of phenols is 1. The van der Waals surface area contributed by atoms with Gasteiger partial charge in [-0.2, -0.15) is 0 Å². The Hall–Kier alpha value is -1.87. The van der Waals surface area contributed by atoms with Gasteiger partial charge in [0, 0.05) is 6.07 Å². The van der Waals surface area contributed by atoms with Crippen LogP contribution in [0.4, 0.5) is 5.69 Å². The van der Waals surface area contributed by atoms with Crippen molar-refractivity contribution in [2.45, 2.75) is 6.61 Å². The molecular formula is C13H12ClNO2. The van der Waals surface area contributed by atoms with Gasteiger partial charge in [0.15, 0.2) is 0 Å². The lowest BCUT2D eigenvalue weighted by Crippen LogP contribution is -1.96. The molecule has 0 unspecified atom stereocenters. The van der Waals surface area contributed by atoms with E-state index in [0.717, 1.165) is 5.56 Å². The third-order valence-corrected chi connectivity index (χ3v) is 2.62. The average molecular weight is 250 g/mol. The normalized spacial score (nSPS) is 10.2. The Labute approximate surface area is 104 Å². The van der Waals surface area contributed by atoms with E-state index in [4.69, 9.17) is 22.1 Å². The van der Waals surface area contributed by atoms with Gasteiger partial charge in [0.1, 0.15) is 18.1 Å². The SMILES string of the molecule is Nc1ccc(COc2cccc(O)c2)cc1Cl. The van der Waals surface area contributed by atoms with Gasteiger partial charge in [0.25, 0.3) is 0 Å².